The minimum Gasteiger partial charge on any atom is -0.454 e. The summed E-state index contributed by atoms with van der Waals surface area (Å²) in [7, 11) is 3.40. The molecule has 0 aliphatic carbocycles. The van der Waals surface area contributed by atoms with Crippen LogP contribution in [0, 0.1) is 13.8 Å². The van der Waals surface area contributed by atoms with Crippen molar-refractivity contribution in [3.63, 3.8) is 0 Å². The Balaban J connectivity index is 2.96. The summed E-state index contributed by atoms with van der Waals surface area (Å²) in [5, 5.41) is 1.26. The molecule has 0 spiro atoms. The molecule has 1 aromatic rings. The average Bonchev–Trinajstić information content (AvgIpc) is 1.99. The third kappa shape index (κ3) is 2.02. The van der Waals surface area contributed by atoms with Gasteiger partial charge >= 0.3 is 0 Å². The Labute approximate surface area is 73.3 Å². The van der Waals surface area contributed by atoms with Crippen LogP contribution in [0.5, 0.6) is 0 Å². The standard InChI is InChI=1S/C8H9OSi2/c1-6-4-3-5-8(7(6)2)11-9-10/h3-5H,1-2H3. The first-order chi connectivity index (χ1) is 5.25. The van der Waals surface area contributed by atoms with Crippen LogP contribution in [-0.2, 0) is 4.12 Å². The summed E-state index contributed by atoms with van der Waals surface area (Å²) in [6, 6.07) is 6.24. The maximum atomic E-state index is 4.90. The molecule has 11 heavy (non-hydrogen) atoms. The van der Waals surface area contributed by atoms with Crippen LogP contribution in [0.3, 0.4) is 0 Å². The van der Waals surface area contributed by atoms with Crippen LogP contribution in [0.4, 0.5) is 0 Å². The molecule has 0 N–H and O–H groups in total. The van der Waals surface area contributed by atoms with Gasteiger partial charge in [-0.3, -0.25) is 0 Å². The van der Waals surface area contributed by atoms with Gasteiger partial charge in [0.25, 0.3) is 9.76 Å². The van der Waals surface area contributed by atoms with Gasteiger partial charge in [-0.25, -0.2) is 0 Å². The molecule has 0 bridgehead atoms. The van der Waals surface area contributed by atoms with E-state index >= 15 is 0 Å². The van der Waals surface area contributed by atoms with Gasteiger partial charge in [0.15, 0.2) is 0 Å². The molecule has 55 valence electrons. The first-order valence-electron chi connectivity index (χ1n) is 3.40. The van der Waals surface area contributed by atoms with Crippen LogP contribution in [0.1, 0.15) is 11.1 Å². The molecule has 3 heteroatoms. The van der Waals surface area contributed by atoms with E-state index in [0.717, 1.165) is 0 Å². The molecule has 0 aliphatic rings. The van der Waals surface area contributed by atoms with Crippen LogP contribution in [0.2, 0.25) is 0 Å². The van der Waals surface area contributed by atoms with Crippen molar-refractivity contribution in [2.24, 2.45) is 0 Å². The zero-order valence-electron chi connectivity index (χ0n) is 6.64. The molecule has 1 nitrogen and oxygen atoms in total. The van der Waals surface area contributed by atoms with E-state index in [1.807, 2.05) is 0 Å². The van der Waals surface area contributed by atoms with E-state index in [2.05, 4.69) is 42.5 Å². The highest BCUT2D eigenvalue weighted by Crippen LogP contribution is 2.01. The predicted molar refractivity (Wildman–Crippen MR) is 48.1 cm³/mol. The zero-order chi connectivity index (χ0) is 8.27. The van der Waals surface area contributed by atoms with E-state index in [1.54, 1.807) is 0 Å². The van der Waals surface area contributed by atoms with Crippen molar-refractivity contribution in [1.82, 2.24) is 0 Å². The molecule has 1 aromatic carbocycles. The highest BCUT2D eigenvalue weighted by Gasteiger charge is 2.00. The van der Waals surface area contributed by atoms with Crippen molar-refractivity contribution in [1.29, 1.82) is 0 Å². The van der Waals surface area contributed by atoms with Gasteiger partial charge in [0, 0.05) is 0 Å². The number of hydrogen-bond acceptors (Lipinski definition) is 1. The molecular weight excluding hydrogens is 168 g/mol. The molecule has 0 unspecified atom stereocenters. The van der Waals surface area contributed by atoms with Crippen molar-refractivity contribution in [3.8, 4) is 0 Å². The van der Waals surface area contributed by atoms with Crippen LogP contribution in [-0.4, -0.2) is 20.2 Å². The van der Waals surface area contributed by atoms with E-state index in [0.29, 0.717) is 9.76 Å². The van der Waals surface area contributed by atoms with Crippen molar-refractivity contribution < 1.29 is 4.12 Å². The monoisotopic (exact) mass is 177 g/mol. The second-order valence-corrected chi connectivity index (χ2v) is 4.01. The SMILES string of the molecule is Cc1cccc([Si]O[Si])c1C. The van der Waals surface area contributed by atoms with Gasteiger partial charge < -0.3 is 4.12 Å². The minimum atomic E-state index is 0.396. The number of rotatable bonds is 2. The van der Waals surface area contributed by atoms with Gasteiger partial charge in [0.1, 0.15) is 0 Å². The summed E-state index contributed by atoms with van der Waals surface area (Å²) in [6.07, 6.45) is 0. The molecular formula is C8H9OSi2. The molecule has 0 aromatic heterocycles. The number of hydrogen-bond donors (Lipinski definition) is 0. The summed E-state index contributed by atoms with van der Waals surface area (Å²) < 4.78 is 4.90. The van der Waals surface area contributed by atoms with E-state index in [9.17, 15) is 0 Å². The lowest BCUT2D eigenvalue weighted by molar-refractivity contribution is 0.676. The Morgan fingerprint density at radius 3 is 2.73 bits per heavy atom. The van der Waals surface area contributed by atoms with Gasteiger partial charge in [-0.1, -0.05) is 18.2 Å². The Morgan fingerprint density at radius 1 is 1.36 bits per heavy atom. The fraction of sp³-hybridized carbons (Fsp3) is 0.250. The Kier molecular flexibility index (Phi) is 3.05. The molecule has 0 heterocycles. The van der Waals surface area contributed by atoms with Crippen LogP contribution in [0.25, 0.3) is 0 Å². The highest BCUT2D eigenvalue weighted by atomic mass is 28.3. The molecule has 0 saturated heterocycles. The third-order valence-electron chi connectivity index (χ3n) is 1.77. The topological polar surface area (TPSA) is 9.23 Å². The average molecular weight is 177 g/mol. The van der Waals surface area contributed by atoms with E-state index in [1.165, 1.54) is 16.3 Å². The third-order valence-corrected chi connectivity index (χ3v) is 2.94. The summed E-state index contributed by atoms with van der Waals surface area (Å²) in [5.41, 5.74) is 2.64. The van der Waals surface area contributed by atoms with Gasteiger partial charge in [0.2, 0.25) is 10.5 Å². The van der Waals surface area contributed by atoms with Crippen LogP contribution in [0.15, 0.2) is 18.2 Å². The summed E-state index contributed by atoms with van der Waals surface area (Å²) in [4.78, 5) is 0. The van der Waals surface area contributed by atoms with E-state index in [4.69, 9.17) is 4.12 Å². The Hall–Kier alpha value is -0.386. The zero-order valence-corrected chi connectivity index (χ0v) is 8.64. The summed E-state index contributed by atoms with van der Waals surface area (Å²) in [6.45, 7) is 4.22. The normalized spacial score (nSPS) is 10.1. The Bertz CT molecular complexity index is 248. The minimum absolute atomic E-state index is 0.396. The Morgan fingerprint density at radius 2 is 2.09 bits per heavy atom. The maximum absolute atomic E-state index is 4.90. The largest absolute Gasteiger partial charge is 0.454 e. The van der Waals surface area contributed by atoms with Crippen molar-refractivity contribution in [3.05, 3.63) is 29.3 Å². The van der Waals surface area contributed by atoms with Crippen molar-refractivity contribution >= 4 is 25.4 Å². The lowest BCUT2D eigenvalue weighted by Crippen LogP contribution is -2.20. The lowest BCUT2D eigenvalue weighted by atomic mass is 10.1. The molecule has 0 fully saturated rings. The highest BCUT2D eigenvalue weighted by molar-refractivity contribution is 6.51. The quantitative estimate of drug-likeness (QED) is 0.603. The molecule has 1 rings (SSSR count). The maximum Gasteiger partial charge on any atom is 0.256 e. The fourth-order valence-electron chi connectivity index (χ4n) is 0.917. The second-order valence-electron chi connectivity index (χ2n) is 2.45. The summed E-state index contributed by atoms with van der Waals surface area (Å²) >= 11 is 0. The first-order valence-corrected chi connectivity index (χ1v) is 4.72. The molecule has 0 amide bonds. The first kappa shape index (κ1) is 8.71. The van der Waals surface area contributed by atoms with E-state index in [-0.39, 0.29) is 0 Å². The van der Waals surface area contributed by atoms with Crippen molar-refractivity contribution in [2.45, 2.75) is 13.8 Å². The smallest absolute Gasteiger partial charge is 0.256 e. The van der Waals surface area contributed by atoms with Gasteiger partial charge in [-0.05, 0) is 30.2 Å². The molecule has 0 aliphatic heterocycles. The molecule has 5 radical (unpaired) electrons. The molecule has 0 saturated carbocycles. The number of aryl methyl sites for hydroxylation is 1. The van der Waals surface area contributed by atoms with Crippen LogP contribution < -0.4 is 5.19 Å². The van der Waals surface area contributed by atoms with Gasteiger partial charge in [0.05, 0.1) is 0 Å². The van der Waals surface area contributed by atoms with Crippen LogP contribution >= 0.6 is 0 Å². The molecule has 0 atom stereocenters. The van der Waals surface area contributed by atoms with Gasteiger partial charge in [-0.2, -0.15) is 0 Å². The predicted octanol–water partition coefficient (Wildman–Crippen LogP) is 0.648. The lowest BCUT2D eigenvalue weighted by Gasteiger charge is -2.04. The second kappa shape index (κ2) is 3.85. The van der Waals surface area contributed by atoms with E-state index < -0.39 is 0 Å². The summed E-state index contributed by atoms with van der Waals surface area (Å²) in [5.74, 6) is 0. The van der Waals surface area contributed by atoms with Gasteiger partial charge in [-0.15, -0.1) is 0 Å². The number of benzene rings is 1. The van der Waals surface area contributed by atoms with Crippen molar-refractivity contribution in [2.75, 3.05) is 0 Å². The fourth-order valence-corrected chi connectivity index (χ4v) is 1.87.